The van der Waals surface area contributed by atoms with Crippen molar-refractivity contribution in [2.75, 3.05) is 17.6 Å². The first-order valence-electron chi connectivity index (χ1n) is 6.68. The monoisotopic (exact) mass is 262 g/mol. The van der Waals surface area contributed by atoms with E-state index in [1.165, 1.54) is 6.42 Å². The molecule has 1 aromatic heterocycles. The zero-order chi connectivity index (χ0) is 13.2. The van der Waals surface area contributed by atoms with E-state index >= 15 is 0 Å². The van der Waals surface area contributed by atoms with Crippen LogP contribution in [-0.4, -0.2) is 28.1 Å². The Hall–Kier alpha value is -1.82. The van der Waals surface area contributed by atoms with Crippen LogP contribution in [0.4, 0.5) is 11.4 Å². The minimum absolute atomic E-state index is 0.207. The molecule has 0 radical (unpaired) electrons. The SMILES string of the molecule is Nc1ccc(NCC2CCCCC2O)c2nonc12. The van der Waals surface area contributed by atoms with E-state index in [9.17, 15) is 5.11 Å². The van der Waals surface area contributed by atoms with Crippen LogP contribution in [0.3, 0.4) is 0 Å². The Bertz CT molecular complexity index is 569. The molecule has 19 heavy (non-hydrogen) atoms. The summed E-state index contributed by atoms with van der Waals surface area (Å²) in [5, 5.41) is 20.9. The predicted molar refractivity (Wildman–Crippen MR) is 72.7 cm³/mol. The van der Waals surface area contributed by atoms with Crippen LogP contribution < -0.4 is 11.1 Å². The van der Waals surface area contributed by atoms with Crippen molar-refractivity contribution in [2.24, 2.45) is 5.92 Å². The van der Waals surface area contributed by atoms with Gasteiger partial charge in [-0.05, 0) is 35.3 Å². The summed E-state index contributed by atoms with van der Waals surface area (Å²) in [4.78, 5) is 0. The lowest BCUT2D eigenvalue weighted by molar-refractivity contribution is 0.0763. The summed E-state index contributed by atoms with van der Waals surface area (Å²) in [5.41, 5.74) is 8.43. The average molecular weight is 262 g/mol. The Morgan fingerprint density at radius 1 is 1.26 bits per heavy atom. The van der Waals surface area contributed by atoms with Crippen LogP contribution >= 0.6 is 0 Å². The van der Waals surface area contributed by atoms with Crippen LogP contribution in [0.15, 0.2) is 16.8 Å². The summed E-state index contributed by atoms with van der Waals surface area (Å²) in [6.45, 7) is 0.729. The number of rotatable bonds is 3. The molecule has 102 valence electrons. The highest BCUT2D eigenvalue weighted by molar-refractivity contribution is 5.94. The first-order chi connectivity index (χ1) is 9.25. The molecule has 2 atom stereocenters. The maximum absolute atomic E-state index is 9.96. The predicted octanol–water partition coefficient (Wildman–Crippen LogP) is 1.77. The van der Waals surface area contributed by atoms with Crippen molar-refractivity contribution in [3.05, 3.63) is 12.1 Å². The third-order valence-electron chi connectivity index (χ3n) is 3.87. The second kappa shape index (κ2) is 5.05. The molecule has 0 spiro atoms. The molecule has 1 aliphatic carbocycles. The maximum atomic E-state index is 9.96. The molecule has 0 saturated heterocycles. The number of nitrogens with one attached hydrogen (secondary N) is 1. The number of anilines is 2. The number of aliphatic hydroxyl groups excluding tert-OH is 1. The quantitative estimate of drug-likeness (QED) is 0.729. The highest BCUT2D eigenvalue weighted by atomic mass is 16.6. The van der Waals surface area contributed by atoms with E-state index in [0.717, 1.165) is 31.5 Å². The van der Waals surface area contributed by atoms with Crippen LogP contribution in [0.2, 0.25) is 0 Å². The van der Waals surface area contributed by atoms with Crippen LogP contribution in [0.25, 0.3) is 11.0 Å². The van der Waals surface area contributed by atoms with Crippen LogP contribution in [0.1, 0.15) is 25.7 Å². The molecular formula is C13H18N4O2. The number of fused-ring (bicyclic) bond motifs is 1. The lowest BCUT2D eigenvalue weighted by atomic mass is 9.86. The minimum Gasteiger partial charge on any atom is -0.397 e. The highest BCUT2D eigenvalue weighted by Crippen LogP contribution is 2.28. The van der Waals surface area contributed by atoms with Crippen LogP contribution in [0, 0.1) is 5.92 Å². The van der Waals surface area contributed by atoms with Crippen molar-refractivity contribution in [3.8, 4) is 0 Å². The highest BCUT2D eigenvalue weighted by Gasteiger charge is 2.23. The largest absolute Gasteiger partial charge is 0.397 e. The third kappa shape index (κ3) is 2.35. The van der Waals surface area contributed by atoms with Crippen molar-refractivity contribution in [3.63, 3.8) is 0 Å². The van der Waals surface area contributed by atoms with Crippen molar-refractivity contribution in [2.45, 2.75) is 31.8 Å². The molecule has 2 unspecified atom stereocenters. The summed E-state index contributed by atoms with van der Waals surface area (Å²) in [6.07, 6.45) is 4.06. The van der Waals surface area contributed by atoms with Gasteiger partial charge in [0.2, 0.25) is 0 Å². The topological polar surface area (TPSA) is 97.2 Å². The Balaban J connectivity index is 1.75. The number of hydrogen-bond donors (Lipinski definition) is 3. The number of benzene rings is 1. The number of nitrogens with two attached hydrogens (primary N) is 1. The molecule has 6 nitrogen and oxygen atoms in total. The molecule has 1 aliphatic rings. The van der Waals surface area contributed by atoms with Crippen LogP contribution in [0.5, 0.6) is 0 Å². The van der Waals surface area contributed by atoms with Gasteiger partial charge in [-0.15, -0.1) is 0 Å². The zero-order valence-corrected chi connectivity index (χ0v) is 10.7. The van der Waals surface area contributed by atoms with Crippen LogP contribution in [-0.2, 0) is 0 Å². The molecule has 1 heterocycles. The number of nitrogens with zero attached hydrogens (tertiary/aromatic N) is 2. The number of aromatic nitrogens is 2. The fraction of sp³-hybridized carbons (Fsp3) is 0.538. The standard InChI is InChI=1S/C13H18N4O2/c14-9-5-6-10(13-12(9)16-19-17-13)15-7-8-3-1-2-4-11(8)18/h5-6,8,11,15,18H,1-4,7,14H2. The first-order valence-corrected chi connectivity index (χ1v) is 6.68. The average Bonchev–Trinajstić information content (AvgIpc) is 2.90. The Morgan fingerprint density at radius 2 is 2.05 bits per heavy atom. The Morgan fingerprint density at radius 3 is 2.89 bits per heavy atom. The summed E-state index contributed by atoms with van der Waals surface area (Å²) in [6, 6.07) is 3.66. The van der Waals surface area contributed by atoms with Gasteiger partial charge in [0, 0.05) is 12.5 Å². The molecule has 4 N–H and O–H groups in total. The Kier molecular flexibility index (Phi) is 3.25. The van der Waals surface area contributed by atoms with E-state index in [1.807, 2.05) is 6.07 Å². The number of hydrogen-bond acceptors (Lipinski definition) is 6. The van der Waals surface area contributed by atoms with Gasteiger partial charge >= 0.3 is 0 Å². The van der Waals surface area contributed by atoms with Gasteiger partial charge in [0.25, 0.3) is 0 Å². The normalized spacial score (nSPS) is 23.6. The lowest BCUT2D eigenvalue weighted by Gasteiger charge is -2.27. The fourth-order valence-corrected chi connectivity index (χ4v) is 2.70. The molecule has 1 aromatic carbocycles. The summed E-state index contributed by atoms with van der Waals surface area (Å²) in [7, 11) is 0. The van der Waals surface area contributed by atoms with Gasteiger partial charge in [-0.3, -0.25) is 0 Å². The minimum atomic E-state index is -0.207. The van der Waals surface area contributed by atoms with E-state index in [-0.39, 0.29) is 6.10 Å². The Labute approximate surface area is 110 Å². The van der Waals surface area contributed by atoms with E-state index in [1.54, 1.807) is 6.07 Å². The first kappa shape index (κ1) is 12.2. The van der Waals surface area contributed by atoms with E-state index < -0.39 is 0 Å². The second-order valence-corrected chi connectivity index (χ2v) is 5.16. The molecule has 1 saturated carbocycles. The molecule has 2 aromatic rings. The summed E-state index contributed by atoms with van der Waals surface area (Å²) in [5.74, 6) is 0.293. The third-order valence-corrected chi connectivity index (χ3v) is 3.87. The van der Waals surface area contributed by atoms with Gasteiger partial charge in [0.05, 0.1) is 17.5 Å². The second-order valence-electron chi connectivity index (χ2n) is 5.16. The molecule has 0 amide bonds. The van der Waals surface area contributed by atoms with Gasteiger partial charge in [0.15, 0.2) is 11.0 Å². The van der Waals surface area contributed by atoms with Gasteiger partial charge in [-0.1, -0.05) is 12.8 Å². The van der Waals surface area contributed by atoms with Gasteiger partial charge in [-0.25, -0.2) is 4.63 Å². The molecule has 0 aliphatic heterocycles. The zero-order valence-electron chi connectivity index (χ0n) is 10.7. The van der Waals surface area contributed by atoms with Gasteiger partial charge < -0.3 is 16.2 Å². The van der Waals surface area contributed by atoms with Crippen molar-refractivity contribution >= 4 is 22.4 Å². The van der Waals surface area contributed by atoms with E-state index in [4.69, 9.17) is 10.4 Å². The van der Waals surface area contributed by atoms with Crippen molar-refractivity contribution in [1.29, 1.82) is 0 Å². The smallest absolute Gasteiger partial charge is 0.160 e. The summed E-state index contributed by atoms with van der Waals surface area (Å²) < 4.78 is 4.73. The molecule has 6 heteroatoms. The fourth-order valence-electron chi connectivity index (χ4n) is 2.70. The molecule has 0 bridgehead atoms. The van der Waals surface area contributed by atoms with Gasteiger partial charge in [-0.2, -0.15) is 0 Å². The number of aliphatic hydroxyl groups is 1. The molecule has 1 fully saturated rings. The lowest BCUT2D eigenvalue weighted by Crippen LogP contribution is -2.30. The van der Waals surface area contributed by atoms with E-state index in [0.29, 0.717) is 22.6 Å². The molecular weight excluding hydrogens is 244 g/mol. The molecule has 3 rings (SSSR count). The van der Waals surface area contributed by atoms with Crippen molar-refractivity contribution in [1.82, 2.24) is 10.3 Å². The summed E-state index contributed by atoms with van der Waals surface area (Å²) >= 11 is 0. The van der Waals surface area contributed by atoms with Gasteiger partial charge in [0.1, 0.15) is 0 Å². The van der Waals surface area contributed by atoms with Crippen molar-refractivity contribution < 1.29 is 9.74 Å². The maximum Gasteiger partial charge on any atom is 0.160 e. The van der Waals surface area contributed by atoms with E-state index in [2.05, 4.69) is 15.6 Å². The number of nitrogen functional groups attached to an aromatic ring is 1.